The first kappa shape index (κ1) is 9.55. The zero-order chi connectivity index (χ0) is 9.80. The molecule has 1 unspecified atom stereocenters. The lowest BCUT2D eigenvalue weighted by molar-refractivity contribution is 0.0767. The molecule has 2 heterocycles. The fourth-order valence-electron chi connectivity index (χ4n) is 1.62. The number of nitrogens with zero attached hydrogens (tertiary/aromatic N) is 2. The average molecular weight is 193 g/mol. The molecule has 0 saturated carbocycles. The maximum absolute atomic E-state index is 5.38. The van der Waals surface area contributed by atoms with E-state index in [0.29, 0.717) is 6.04 Å². The van der Waals surface area contributed by atoms with Crippen LogP contribution in [-0.4, -0.2) is 35.8 Å². The maximum Gasteiger partial charge on any atom is 0.125 e. The van der Waals surface area contributed by atoms with E-state index in [9.17, 15) is 0 Å². The number of morpholine rings is 1. The van der Waals surface area contributed by atoms with Crippen molar-refractivity contribution in [3.05, 3.63) is 23.8 Å². The molecule has 2 rings (SSSR count). The summed E-state index contributed by atoms with van der Waals surface area (Å²) >= 11 is 0. The Morgan fingerprint density at radius 3 is 3.29 bits per heavy atom. The Labute approximate surface area is 83.7 Å². The molecule has 0 aliphatic carbocycles. The molecule has 0 radical (unpaired) electrons. The second-order valence-electron chi connectivity index (χ2n) is 3.53. The van der Waals surface area contributed by atoms with Crippen molar-refractivity contribution in [1.82, 2.24) is 15.3 Å². The van der Waals surface area contributed by atoms with Crippen LogP contribution in [0.4, 0.5) is 0 Å². The predicted octanol–water partition coefficient (Wildman–Crippen LogP) is 0.316. The maximum atomic E-state index is 5.38. The van der Waals surface area contributed by atoms with E-state index in [4.69, 9.17) is 4.74 Å². The van der Waals surface area contributed by atoms with Gasteiger partial charge in [0.15, 0.2) is 0 Å². The third-order valence-corrected chi connectivity index (χ3v) is 2.29. The highest BCUT2D eigenvalue weighted by Crippen LogP contribution is 2.02. The van der Waals surface area contributed by atoms with Gasteiger partial charge < -0.3 is 10.1 Å². The first-order valence-corrected chi connectivity index (χ1v) is 4.94. The monoisotopic (exact) mass is 193 g/mol. The molecule has 0 amide bonds. The van der Waals surface area contributed by atoms with Gasteiger partial charge in [0.25, 0.3) is 0 Å². The number of nitrogens with one attached hydrogen (secondary N) is 1. The lowest BCUT2D eigenvalue weighted by atomic mass is 10.1. The summed E-state index contributed by atoms with van der Waals surface area (Å²) in [7, 11) is 0. The molecule has 0 spiro atoms. The lowest BCUT2D eigenvalue weighted by Crippen LogP contribution is -2.42. The van der Waals surface area contributed by atoms with Crippen molar-refractivity contribution >= 4 is 0 Å². The molecule has 76 valence electrons. The van der Waals surface area contributed by atoms with Crippen LogP contribution in [0.3, 0.4) is 0 Å². The Kier molecular flexibility index (Phi) is 3.06. The molecule has 4 heteroatoms. The zero-order valence-electron chi connectivity index (χ0n) is 8.36. The number of hydrogen-bond donors (Lipinski definition) is 1. The average Bonchev–Trinajstić information content (AvgIpc) is 2.19. The minimum Gasteiger partial charge on any atom is -0.379 e. The van der Waals surface area contributed by atoms with Gasteiger partial charge >= 0.3 is 0 Å². The standard InChI is InChI=1S/C10H15N3O/c1-8-11-3-2-9(13-8)6-10-7-14-5-4-12-10/h2-3,10,12H,4-7H2,1H3. The number of rotatable bonds is 2. The first-order valence-electron chi connectivity index (χ1n) is 4.94. The van der Waals surface area contributed by atoms with Crippen molar-refractivity contribution in [2.24, 2.45) is 0 Å². The highest BCUT2D eigenvalue weighted by Gasteiger charge is 2.13. The van der Waals surface area contributed by atoms with Crippen molar-refractivity contribution in [2.45, 2.75) is 19.4 Å². The van der Waals surface area contributed by atoms with E-state index in [1.165, 1.54) is 0 Å². The summed E-state index contributed by atoms with van der Waals surface area (Å²) in [4.78, 5) is 8.43. The van der Waals surface area contributed by atoms with E-state index in [1.54, 1.807) is 6.20 Å². The van der Waals surface area contributed by atoms with Gasteiger partial charge in [-0.25, -0.2) is 9.97 Å². The molecule has 0 bridgehead atoms. The Morgan fingerprint density at radius 1 is 1.64 bits per heavy atom. The Bertz CT molecular complexity index is 297. The minimum absolute atomic E-state index is 0.401. The molecule has 0 aromatic carbocycles. The normalized spacial score (nSPS) is 22.2. The summed E-state index contributed by atoms with van der Waals surface area (Å²) in [6.45, 7) is 4.45. The third-order valence-electron chi connectivity index (χ3n) is 2.29. The van der Waals surface area contributed by atoms with Gasteiger partial charge in [-0.3, -0.25) is 0 Å². The largest absolute Gasteiger partial charge is 0.379 e. The summed E-state index contributed by atoms with van der Waals surface area (Å²) < 4.78 is 5.38. The van der Waals surface area contributed by atoms with E-state index >= 15 is 0 Å². The summed E-state index contributed by atoms with van der Waals surface area (Å²) in [5, 5.41) is 3.40. The van der Waals surface area contributed by atoms with E-state index in [0.717, 1.165) is 37.7 Å². The number of aryl methyl sites for hydroxylation is 1. The van der Waals surface area contributed by atoms with Gasteiger partial charge in [0.05, 0.1) is 13.2 Å². The van der Waals surface area contributed by atoms with Gasteiger partial charge in [0.1, 0.15) is 5.82 Å². The number of aromatic nitrogens is 2. The third kappa shape index (κ3) is 2.49. The molecular formula is C10H15N3O. The van der Waals surface area contributed by atoms with Gasteiger partial charge in [-0.15, -0.1) is 0 Å². The Balaban J connectivity index is 1.95. The Morgan fingerprint density at radius 2 is 2.57 bits per heavy atom. The van der Waals surface area contributed by atoms with Gasteiger partial charge in [0, 0.05) is 30.9 Å². The molecule has 1 N–H and O–H groups in total. The molecule has 14 heavy (non-hydrogen) atoms. The molecule has 1 aliphatic heterocycles. The molecule has 1 aromatic heterocycles. The van der Waals surface area contributed by atoms with Crippen molar-refractivity contribution in [1.29, 1.82) is 0 Å². The van der Waals surface area contributed by atoms with Crippen LogP contribution < -0.4 is 5.32 Å². The predicted molar refractivity (Wildman–Crippen MR) is 53.1 cm³/mol. The van der Waals surface area contributed by atoms with E-state index in [-0.39, 0.29) is 0 Å². The van der Waals surface area contributed by atoms with Crippen LogP contribution in [0.15, 0.2) is 12.3 Å². The van der Waals surface area contributed by atoms with E-state index in [2.05, 4.69) is 15.3 Å². The van der Waals surface area contributed by atoms with Crippen LogP contribution in [0.2, 0.25) is 0 Å². The molecule has 1 fully saturated rings. The minimum atomic E-state index is 0.401. The van der Waals surface area contributed by atoms with E-state index in [1.807, 2.05) is 13.0 Å². The molecular weight excluding hydrogens is 178 g/mol. The van der Waals surface area contributed by atoms with Crippen molar-refractivity contribution < 1.29 is 4.74 Å². The second kappa shape index (κ2) is 4.48. The lowest BCUT2D eigenvalue weighted by Gasteiger charge is -2.23. The van der Waals surface area contributed by atoms with Crippen LogP contribution in [-0.2, 0) is 11.2 Å². The first-order chi connectivity index (χ1) is 6.84. The van der Waals surface area contributed by atoms with Crippen molar-refractivity contribution in [2.75, 3.05) is 19.8 Å². The van der Waals surface area contributed by atoms with Gasteiger partial charge in [-0.05, 0) is 13.0 Å². The highest BCUT2D eigenvalue weighted by atomic mass is 16.5. The topological polar surface area (TPSA) is 47.0 Å². The fourth-order valence-corrected chi connectivity index (χ4v) is 1.62. The smallest absolute Gasteiger partial charge is 0.125 e. The number of hydrogen-bond acceptors (Lipinski definition) is 4. The van der Waals surface area contributed by atoms with Crippen LogP contribution in [0.1, 0.15) is 11.5 Å². The molecule has 1 saturated heterocycles. The SMILES string of the molecule is Cc1nccc(CC2COCCN2)n1. The second-order valence-corrected chi connectivity index (χ2v) is 3.53. The van der Waals surface area contributed by atoms with Crippen LogP contribution in [0.25, 0.3) is 0 Å². The Hall–Kier alpha value is -1.00. The molecule has 1 aliphatic rings. The van der Waals surface area contributed by atoms with Crippen molar-refractivity contribution in [3.63, 3.8) is 0 Å². The number of ether oxygens (including phenoxy) is 1. The van der Waals surface area contributed by atoms with E-state index < -0.39 is 0 Å². The molecule has 4 nitrogen and oxygen atoms in total. The van der Waals surface area contributed by atoms with Gasteiger partial charge in [-0.1, -0.05) is 0 Å². The summed E-state index contributed by atoms with van der Waals surface area (Å²) in [6.07, 6.45) is 2.73. The fraction of sp³-hybridized carbons (Fsp3) is 0.600. The molecule has 1 atom stereocenters. The highest BCUT2D eigenvalue weighted by molar-refractivity contribution is 5.04. The van der Waals surface area contributed by atoms with Gasteiger partial charge in [0.2, 0.25) is 0 Å². The summed E-state index contributed by atoms with van der Waals surface area (Å²) in [6, 6.07) is 2.36. The zero-order valence-corrected chi connectivity index (χ0v) is 8.36. The quantitative estimate of drug-likeness (QED) is 0.734. The van der Waals surface area contributed by atoms with Crippen LogP contribution in [0.5, 0.6) is 0 Å². The van der Waals surface area contributed by atoms with Crippen molar-refractivity contribution in [3.8, 4) is 0 Å². The molecule has 1 aromatic rings. The summed E-state index contributed by atoms with van der Waals surface area (Å²) in [5.74, 6) is 0.833. The van der Waals surface area contributed by atoms with Crippen LogP contribution in [0, 0.1) is 6.92 Å². The van der Waals surface area contributed by atoms with Gasteiger partial charge in [-0.2, -0.15) is 0 Å². The summed E-state index contributed by atoms with van der Waals surface area (Å²) in [5.41, 5.74) is 1.08. The van der Waals surface area contributed by atoms with Crippen LogP contribution >= 0.6 is 0 Å².